The van der Waals surface area contributed by atoms with Crippen molar-refractivity contribution in [2.75, 3.05) is 19.8 Å². The fraction of sp³-hybridized carbons (Fsp3) is 0.941. The van der Waals surface area contributed by atoms with Crippen molar-refractivity contribution in [1.82, 2.24) is 5.32 Å². The van der Waals surface area contributed by atoms with E-state index in [0.29, 0.717) is 25.8 Å². The van der Waals surface area contributed by atoms with Crippen LogP contribution >= 0.6 is 0 Å². The summed E-state index contributed by atoms with van der Waals surface area (Å²) in [6.07, 6.45) is 10.8. The van der Waals surface area contributed by atoms with Crippen LogP contribution in [0.2, 0.25) is 0 Å². The lowest BCUT2D eigenvalue weighted by Crippen LogP contribution is -2.53. The molecule has 0 aromatic carbocycles. The van der Waals surface area contributed by atoms with Gasteiger partial charge in [-0.1, -0.05) is 25.7 Å². The summed E-state index contributed by atoms with van der Waals surface area (Å²) < 4.78 is 5.40. The van der Waals surface area contributed by atoms with Gasteiger partial charge in [0.2, 0.25) is 5.91 Å². The van der Waals surface area contributed by atoms with E-state index in [1.165, 1.54) is 38.5 Å². The number of hydrogen-bond donors (Lipinski definition) is 2. The highest BCUT2D eigenvalue weighted by atomic mass is 16.5. The molecule has 1 saturated heterocycles. The van der Waals surface area contributed by atoms with E-state index in [1.54, 1.807) is 0 Å². The number of ether oxygens (including phenoxy) is 1. The molecule has 2 aliphatic carbocycles. The van der Waals surface area contributed by atoms with Crippen molar-refractivity contribution in [3.05, 3.63) is 0 Å². The zero-order valence-corrected chi connectivity index (χ0v) is 13.1. The van der Waals surface area contributed by atoms with Crippen LogP contribution in [-0.4, -0.2) is 31.7 Å². The first kappa shape index (κ1) is 15.3. The molecule has 0 radical (unpaired) electrons. The molecule has 3 fully saturated rings. The smallest absolute Gasteiger partial charge is 0.227 e. The molecule has 1 heterocycles. The molecular weight excluding hydrogens is 264 g/mol. The molecule has 2 saturated carbocycles. The van der Waals surface area contributed by atoms with Gasteiger partial charge in [-0.25, -0.2) is 0 Å². The second kappa shape index (κ2) is 6.66. The summed E-state index contributed by atoms with van der Waals surface area (Å²) >= 11 is 0. The summed E-state index contributed by atoms with van der Waals surface area (Å²) in [5.41, 5.74) is 5.56. The monoisotopic (exact) mass is 294 g/mol. The third kappa shape index (κ3) is 3.26. The fourth-order valence-electron chi connectivity index (χ4n) is 4.63. The predicted molar refractivity (Wildman–Crippen MR) is 82.8 cm³/mol. The van der Waals surface area contributed by atoms with E-state index in [-0.39, 0.29) is 11.3 Å². The first-order valence-corrected chi connectivity index (χ1v) is 8.82. The van der Waals surface area contributed by atoms with Gasteiger partial charge in [0.1, 0.15) is 0 Å². The molecule has 3 unspecified atom stereocenters. The van der Waals surface area contributed by atoms with E-state index < -0.39 is 0 Å². The van der Waals surface area contributed by atoms with E-state index in [4.69, 9.17) is 10.5 Å². The average molecular weight is 294 g/mol. The van der Waals surface area contributed by atoms with Gasteiger partial charge in [0.05, 0.1) is 5.41 Å². The predicted octanol–water partition coefficient (Wildman–Crippen LogP) is 2.22. The zero-order chi connectivity index (χ0) is 14.7. The lowest BCUT2D eigenvalue weighted by molar-refractivity contribution is -0.137. The molecule has 4 heteroatoms. The molecule has 4 nitrogen and oxygen atoms in total. The Balaban J connectivity index is 1.56. The Bertz CT molecular complexity index is 366. The Labute approximate surface area is 128 Å². The van der Waals surface area contributed by atoms with E-state index in [2.05, 4.69) is 5.32 Å². The van der Waals surface area contributed by atoms with Crippen LogP contribution in [0.5, 0.6) is 0 Å². The second-order valence-electron chi connectivity index (χ2n) is 7.38. The first-order chi connectivity index (χ1) is 10.2. The topological polar surface area (TPSA) is 64.4 Å². The summed E-state index contributed by atoms with van der Waals surface area (Å²) in [5, 5.41) is 3.34. The van der Waals surface area contributed by atoms with Gasteiger partial charge in [0.25, 0.3) is 0 Å². The van der Waals surface area contributed by atoms with Crippen LogP contribution in [0.3, 0.4) is 0 Å². The molecule has 3 aliphatic rings. The van der Waals surface area contributed by atoms with Gasteiger partial charge >= 0.3 is 0 Å². The summed E-state index contributed by atoms with van der Waals surface area (Å²) in [4.78, 5) is 12.7. The average Bonchev–Trinajstić information content (AvgIpc) is 2.55. The van der Waals surface area contributed by atoms with E-state index >= 15 is 0 Å². The third-order valence-corrected chi connectivity index (χ3v) is 6.20. The fourth-order valence-corrected chi connectivity index (χ4v) is 4.63. The van der Waals surface area contributed by atoms with Gasteiger partial charge in [-0.3, -0.25) is 4.79 Å². The van der Waals surface area contributed by atoms with Crippen molar-refractivity contribution in [2.24, 2.45) is 23.0 Å². The molecule has 1 amide bonds. The molecule has 0 aromatic rings. The standard InChI is InChI=1S/C17H30N2O2/c18-12-17(7-9-21-10-8-17)16(20)19-15-6-5-13-3-1-2-4-14(13)11-15/h13-15H,1-12,18H2,(H,19,20). The van der Waals surface area contributed by atoms with Gasteiger partial charge in [0.15, 0.2) is 0 Å². The molecule has 0 aromatic heterocycles. The van der Waals surface area contributed by atoms with Crippen LogP contribution in [0.4, 0.5) is 0 Å². The summed E-state index contributed by atoms with van der Waals surface area (Å²) in [7, 11) is 0. The van der Waals surface area contributed by atoms with Crippen LogP contribution < -0.4 is 11.1 Å². The van der Waals surface area contributed by atoms with Crippen molar-refractivity contribution in [3.63, 3.8) is 0 Å². The molecule has 21 heavy (non-hydrogen) atoms. The van der Waals surface area contributed by atoms with Crippen LogP contribution in [0.1, 0.15) is 57.8 Å². The quantitative estimate of drug-likeness (QED) is 0.839. The Morgan fingerprint density at radius 3 is 2.52 bits per heavy atom. The Morgan fingerprint density at radius 2 is 1.81 bits per heavy atom. The minimum Gasteiger partial charge on any atom is -0.381 e. The zero-order valence-electron chi connectivity index (χ0n) is 13.1. The maximum atomic E-state index is 12.7. The van der Waals surface area contributed by atoms with Gasteiger partial charge in [0, 0.05) is 25.8 Å². The largest absolute Gasteiger partial charge is 0.381 e. The van der Waals surface area contributed by atoms with Gasteiger partial charge in [-0.05, 0) is 43.9 Å². The van der Waals surface area contributed by atoms with Crippen molar-refractivity contribution in [3.8, 4) is 0 Å². The normalized spacial score (nSPS) is 35.8. The number of rotatable bonds is 3. The summed E-state index contributed by atoms with van der Waals surface area (Å²) in [5.74, 6) is 1.97. The molecule has 3 rings (SSSR count). The van der Waals surface area contributed by atoms with Crippen LogP contribution in [0.25, 0.3) is 0 Å². The summed E-state index contributed by atoms with van der Waals surface area (Å²) in [6, 6.07) is 0.378. The minimum absolute atomic E-state index is 0.188. The van der Waals surface area contributed by atoms with Gasteiger partial charge in [-0.15, -0.1) is 0 Å². The Morgan fingerprint density at radius 1 is 1.10 bits per heavy atom. The van der Waals surface area contributed by atoms with Crippen LogP contribution in [0, 0.1) is 17.3 Å². The Kier molecular flexibility index (Phi) is 4.85. The minimum atomic E-state index is -0.373. The van der Waals surface area contributed by atoms with Crippen molar-refractivity contribution >= 4 is 5.91 Å². The summed E-state index contributed by atoms with van der Waals surface area (Å²) in [6.45, 7) is 1.78. The maximum Gasteiger partial charge on any atom is 0.227 e. The highest BCUT2D eigenvalue weighted by molar-refractivity contribution is 5.83. The molecule has 1 aliphatic heterocycles. The number of hydrogen-bond acceptors (Lipinski definition) is 3. The third-order valence-electron chi connectivity index (χ3n) is 6.20. The van der Waals surface area contributed by atoms with Crippen LogP contribution in [0.15, 0.2) is 0 Å². The van der Waals surface area contributed by atoms with Crippen molar-refractivity contribution in [2.45, 2.75) is 63.8 Å². The molecule has 120 valence electrons. The van der Waals surface area contributed by atoms with E-state index in [1.807, 2.05) is 0 Å². The molecule has 0 spiro atoms. The maximum absolute atomic E-state index is 12.7. The lowest BCUT2D eigenvalue weighted by atomic mass is 9.69. The molecule has 0 bridgehead atoms. The van der Waals surface area contributed by atoms with Gasteiger partial charge < -0.3 is 15.8 Å². The number of amides is 1. The SMILES string of the molecule is NCC1(C(=O)NC2CCC3CCCCC3C2)CCOCC1. The second-order valence-corrected chi connectivity index (χ2v) is 7.38. The molecule has 3 N–H and O–H groups in total. The number of nitrogens with one attached hydrogen (secondary N) is 1. The van der Waals surface area contributed by atoms with Crippen molar-refractivity contribution in [1.29, 1.82) is 0 Å². The number of fused-ring (bicyclic) bond motifs is 1. The Hall–Kier alpha value is -0.610. The number of carbonyl (C=O) groups excluding carboxylic acids is 1. The van der Waals surface area contributed by atoms with Crippen LogP contribution in [-0.2, 0) is 9.53 Å². The lowest BCUT2D eigenvalue weighted by Gasteiger charge is -2.41. The number of nitrogens with two attached hydrogens (primary N) is 1. The van der Waals surface area contributed by atoms with Gasteiger partial charge in [-0.2, -0.15) is 0 Å². The first-order valence-electron chi connectivity index (χ1n) is 8.82. The molecule has 3 atom stereocenters. The highest BCUT2D eigenvalue weighted by Gasteiger charge is 2.41. The highest BCUT2D eigenvalue weighted by Crippen LogP contribution is 2.40. The molecular formula is C17H30N2O2. The van der Waals surface area contributed by atoms with E-state index in [0.717, 1.165) is 31.1 Å². The van der Waals surface area contributed by atoms with E-state index in [9.17, 15) is 4.79 Å². The number of carbonyl (C=O) groups is 1. The van der Waals surface area contributed by atoms with Crippen molar-refractivity contribution < 1.29 is 9.53 Å².